The first-order valence-electron chi connectivity index (χ1n) is 13.4. The van der Waals surface area contributed by atoms with Crippen LogP contribution >= 0.6 is 0 Å². The standard InChI is InChI=1S/C31H33NO5/c1-18-27(34)24-9-6-10-25(29(24)37-28(18)23-7-4-3-5-8-23)30(35)36-17-26(33)32-19(2)31-14-20-11-21(15-31)13-22(12-20)16-31/h3-10,19-22H,11-17H2,1-2H3,(H,32,33). The zero-order valence-electron chi connectivity index (χ0n) is 21.4. The van der Waals surface area contributed by atoms with Gasteiger partial charge in [-0.3, -0.25) is 9.59 Å². The topological polar surface area (TPSA) is 85.6 Å². The molecule has 0 saturated heterocycles. The molecule has 0 spiro atoms. The number of carbonyl (C=O) groups is 2. The van der Waals surface area contributed by atoms with E-state index in [4.69, 9.17) is 9.15 Å². The fraction of sp³-hybridized carbons (Fsp3) is 0.452. The zero-order valence-corrected chi connectivity index (χ0v) is 21.4. The van der Waals surface area contributed by atoms with Crippen LogP contribution in [-0.4, -0.2) is 24.5 Å². The van der Waals surface area contributed by atoms with Gasteiger partial charge < -0.3 is 14.5 Å². The number of para-hydroxylation sites is 1. The smallest absolute Gasteiger partial charge is 0.342 e. The Hall–Kier alpha value is -3.41. The molecule has 6 heteroatoms. The van der Waals surface area contributed by atoms with Gasteiger partial charge in [0.05, 0.1) is 5.39 Å². The quantitative estimate of drug-likeness (QED) is 0.443. The average molecular weight is 500 g/mol. The van der Waals surface area contributed by atoms with Gasteiger partial charge in [-0.1, -0.05) is 36.4 Å². The lowest BCUT2D eigenvalue weighted by molar-refractivity contribution is -0.128. The second kappa shape index (κ2) is 9.16. The summed E-state index contributed by atoms with van der Waals surface area (Å²) >= 11 is 0. The van der Waals surface area contributed by atoms with Crippen molar-refractivity contribution >= 4 is 22.8 Å². The molecule has 4 aliphatic carbocycles. The Bertz CT molecular complexity index is 1390. The highest BCUT2D eigenvalue weighted by atomic mass is 16.5. The van der Waals surface area contributed by atoms with Crippen molar-refractivity contribution in [1.82, 2.24) is 5.32 Å². The molecule has 37 heavy (non-hydrogen) atoms. The van der Waals surface area contributed by atoms with Gasteiger partial charge in [0.2, 0.25) is 0 Å². The van der Waals surface area contributed by atoms with E-state index in [1.54, 1.807) is 25.1 Å². The van der Waals surface area contributed by atoms with Crippen LogP contribution in [0.15, 0.2) is 57.7 Å². The van der Waals surface area contributed by atoms with E-state index in [0.717, 1.165) is 23.3 Å². The van der Waals surface area contributed by atoms with Crippen LogP contribution in [0.2, 0.25) is 0 Å². The Labute approximate surface area is 216 Å². The average Bonchev–Trinajstić information content (AvgIpc) is 2.88. The van der Waals surface area contributed by atoms with Crippen LogP contribution in [0.5, 0.6) is 0 Å². The SMILES string of the molecule is Cc1c(-c2ccccc2)oc2c(C(=O)OCC(=O)NC(C)C34CC5CC(CC(C5)C3)C4)cccc2c1=O. The van der Waals surface area contributed by atoms with Gasteiger partial charge in [0, 0.05) is 17.2 Å². The molecule has 1 N–H and O–H groups in total. The molecular weight excluding hydrogens is 466 g/mol. The van der Waals surface area contributed by atoms with Gasteiger partial charge in [-0.05, 0) is 87.7 Å². The van der Waals surface area contributed by atoms with Gasteiger partial charge in [-0.25, -0.2) is 4.79 Å². The number of nitrogens with one attached hydrogen (secondary N) is 1. The highest BCUT2D eigenvalue weighted by Gasteiger charge is 2.53. The van der Waals surface area contributed by atoms with Crippen molar-refractivity contribution in [3.63, 3.8) is 0 Å². The van der Waals surface area contributed by atoms with Crippen LogP contribution in [0.1, 0.15) is 61.4 Å². The fourth-order valence-corrected chi connectivity index (χ4v) is 7.69. The van der Waals surface area contributed by atoms with E-state index >= 15 is 0 Å². The molecule has 7 rings (SSSR count). The third-order valence-corrected chi connectivity index (χ3v) is 9.12. The van der Waals surface area contributed by atoms with E-state index < -0.39 is 5.97 Å². The largest absolute Gasteiger partial charge is 0.455 e. The van der Waals surface area contributed by atoms with Crippen LogP contribution in [0, 0.1) is 30.1 Å². The molecule has 1 atom stereocenters. The number of fused-ring (bicyclic) bond motifs is 1. The van der Waals surface area contributed by atoms with Crippen LogP contribution < -0.4 is 10.7 Å². The summed E-state index contributed by atoms with van der Waals surface area (Å²) in [5.74, 6) is 1.84. The second-order valence-electron chi connectivity index (χ2n) is 11.6. The number of esters is 1. The predicted molar refractivity (Wildman–Crippen MR) is 141 cm³/mol. The van der Waals surface area contributed by atoms with E-state index in [0.29, 0.717) is 16.7 Å². The highest BCUT2D eigenvalue weighted by molar-refractivity contribution is 6.02. The lowest BCUT2D eigenvalue weighted by Gasteiger charge is -2.59. The number of carbonyl (C=O) groups excluding carboxylic acids is 2. The summed E-state index contributed by atoms with van der Waals surface area (Å²) in [4.78, 5) is 38.9. The van der Waals surface area contributed by atoms with Crippen LogP contribution in [-0.2, 0) is 9.53 Å². The maximum atomic E-state index is 13.1. The van der Waals surface area contributed by atoms with Crippen molar-refractivity contribution in [3.8, 4) is 11.3 Å². The molecule has 1 heterocycles. The van der Waals surface area contributed by atoms with E-state index in [9.17, 15) is 14.4 Å². The minimum atomic E-state index is -0.686. The molecule has 4 aliphatic rings. The summed E-state index contributed by atoms with van der Waals surface area (Å²) in [7, 11) is 0. The summed E-state index contributed by atoms with van der Waals surface area (Å²) in [6, 6.07) is 14.2. The first-order valence-corrected chi connectivity index (χ1v) is 13.4. The third-order valence-electron chi connectivity index (χ3n) is 9.12. The van der Waals surface area contributed by atoms with E-state index in [2.05, 4.69) is 12.2 Å². The number of hydrogen-bond donors (Lipinski definition) is 1. The van der Waals surface area contributed by atoms with Gasteiger partial charge in [0.25, 0.3) is 5.91 Å². The summed E-state index contributed by atoms with van der Waals surface area (Å²) in [6.07, 6.45) is 7.63. The zero-order chi connectivity index (χ0) is 25.7. The molecule has 1 aromatic heterocycles. The first kappa shape index (κ1) is 24.0. The van der Waals surface area contributed by atoms with Crippen molar-refractivity contribution in [2.75, 3.05) is 6.61 Å². The van der Waals surface area contributed by atoms with Gasteiger partial charge in [-0.15, -0.1) is 0 Å². The second-order valence-corrected chi connectivity index (χ2v) is 11.6. The van der Waals surface area contributed by atoms with Crippen molar-refractivity contribution in [2.24, 2.45) is 23.2 Å². The Morgan fingerprint density at radius 2 is 1.65 bits per heavy atom. The summed E-state index contributed by atoms with van der Waals surface area (Å²) in [6.45, 7) is 3.46. The molecule has 0 radical (unpaired) electrons. The van der Waals surface area contributed by atoms with E-state index in [1.807, 2.05) is 30.3 Å². The van der Waals surface area contributed by atoms with Crippen LogP contribution in [0.3, 0.4) is 0 Å². The minimum absolute atomic E-state index is 0.0547. The molecule has 4 saturated carbocycles. The molecule has 4 fully saturated rings. The maximum Gasteiger partial charge on any atom is 0.342 e. The van der Waals surface area contributed by atoms with Crippen molar-refractivity contribution in [1.29, 1.82) is 0 Å². The predicted octanol–water partition coefficient (Wildman–Crippen LogP) is 5.65. The van der Waals surface area contributed by atoms with Gasteiger partial charge in [0.15, 0.2) is 17.6 Å². The fourth-order valence-electron chi connectivity index (χ4n) is 7.69. The Kier molecular flexibility index (Phi) is 5.93. The summed E-state index contributed by atoms with van der Waals surface area (Å²) < 4.78 is 11.5. The molecule has 1 amide bonds. The van der Waals surface area contributed by atoms with Crippen LogP contribution in [0.4, 0.5) is 0 Å². The summed E-state index contributed by atoms with van der Waals surface area (Å²) in [5.41, 5.74) is 1.51. The number of amides is 1. The molecule has 2 aromatic carbocycles. The minimum Gasteiger partial charge on any atom is -0.455 e. The number of benzene rings is 2. The van der Waals surface area contributed by atoms with Crippen molar-refractivity contribution < 1.29 is 18.7 Å². The third kappa shape index (κ3) is 4.26. The van der Waals surface area contributed by atoms with Gasteiger partial charge in [0.1, 0.15) is 11.3 Å². The molecule has 1 unspecified atom stereocenters. The Morgan fingerprint density at radius 3 is 2.30 bits per heavy atom. The lowest BCUT2D eigenvalue weighted by atomic mass is 9.48. The lowest BCUT2D eigenvalue weighted by Crippen LogP contribution is -2.56. The molecular formula is C31H33NO5. The molecule has 4 bridgehead atoms. The summed E-state index contributed by atoms with van der Waals surface area (Å²) in [5, 5.41) is 3.45. The Morgan fingerprint density at radius 1 is 1.00 bits per heavy atom. The van der Waals surface area contributed by atoms with Crippen molar-refractivity contribution in [3.05, 3.63) is 69.9 Å². The van der Waals surface area contributed by atoms with Crippen molar-refractivity contribution in [2.45, 2.75) is 58.4 Å². The first-order chi connectivity index (χ1) is 17.8. The molecule has 0 aliphatic heterocycles. The van der Waals surface area contributed by atoms with E-state index in [-0.39, 0.29) is 40.5 Å². The normalized spacial score (nSPS) is 26.7. The van der Waals surface area contributed by atoms with Crippen LogP contribution in [0.25, 0.3) is 22.3 Å². The number of ether oxygens (including phenoxy) is 1. The number of rotatable bonds is 6. The highest BCUT2D eigenvalue weighted by Crippen LogP contribution is 2.61. The molecule has 3 aromatic rings. The van der Waals surface area contributed by atoms with E-state index in [1.165, 1.54) is 38.5 Å². The molecule has 6 nitrogen and oxygen atoms in total. The number of hydrogen-bond acceptors (Lipinski definition) is 5. The Balaban J connectivity index is 1.18. The van der Waals surface area contributed by atoms with Gasteiger partial charge >= 0.3 is 5.97 Å². The molecule has 192 valence electrons. The maximum absolute atomic E-state index is 13.1. The monoisotopic (exact) mass is 499 g/mol. The van der Waals surface area contributed by atoms with Gasteiger partial charge in [-0.2, -0.15) is 0 Å².